The third-order valence-electron chi connectivity index (χ3n) is 6.68. The van der Waals surface area contributed by atoms with E-state index in [0.717, 1.165) is 43.5 Å². The third-order valence-corrected chi connectivity index (χ3v) is 6.68. The van der Waals surface area contributed by atoms with Crippen LogP contribution in [0.3, 0.4) is 0 Å². The summed E-state index contributed by atoms with van der Waals surface area (Å²) in [6.07, 6.45) is -2.26. The number of alkyl halides is 3. The van der Waals surface area contributed by atoms with Crippen molar-refractivity contribution in [2.75, 3.05) is 26.2 Å². The number of rotatable bonds is 6. The summed E-state index contributed by atoms with van der Waals surface area (Å²) >= 11 is 0. The molecule has 34 heavy (non-hydrogen) atoms. The van der Waals surface area contributed by atoms with Crippen LogP contribution in [0.2, 0.25) is 0 Å². The Morgan fingerprint density at radius 3 is 2.62 bits per heavy atom. The molecule has 0 aromatic heterocycles. The van der Waals surface area contributed by atoms with E-state index in [0.29, 0.717) is 13.2 Å². The first-order valence-corrected chi connectivity index (χ1v) is 11.4. The number of carbonyl (C=O) groups is 2. The highest BCUT2D eigenvalue weighted by atomic mass is 19.4. The minimum absolute atomic E-state index is 0.0464. The third kappa shape index (κ3) is 5.59. The van der Waals surface area contributed by atoms with Gasteiger partial charge in [0.25, 0.3) is 5.91 Å². The molecule has 2 aromatic carbocycles. The normalized spacial score (nSPS) is 25.0. The molecule has 0 bridgehead atoms. The lowest BCUT2D eigenvalue weighted by Gasteiger charge is -2.42. The summed E-state index contributed by atoms with van der Waals surface area (Å²) in [5.41, 5.74) is -0.412. The summed E-state index contributed by atoms with van der Waals surface area (Å²) in [6.45, 7) is 1.66. The number of benzene rings is 2. The van der Waals surface area contributed by atoms with Crippen molar-refractivity contribution in [3.63, 3.8) is 0 Å². The molecular formula is C25H28F3N3O3. The van der Waals surface area contributed by atoms with E-state index in [4.69, 9.17) is 4.74 Å². The molecule has 2 aliphatic heterocycles. The van der Waals surface area contributed by atoms with Gasteiger partial charge in [-0.3, -0.25) is 9.59 Å². The van der Waals surface area contributed by atoms with Crippen LogP contribution in [0.15, 0.2) is 54.6 Å². The molecule has 0 radical (unpaired) electrons. The van der Waals surface area contributed by atoms with E-state index in [2.05, 4.69) is 16.0 Å². The Hall–Kier alpha value is -2.91. The molecule has 2 amide bonds. The highest BCUT2D eigenvalue weighted by Crippen LogP contribution is 2.39. The molecule has 3 atom stereocenters. The smallest absolute Gasteiger partial charge is 0.374 e. The van der Waals surface area contributed by atoms with E-state index < -0.39 is 23.2 Å². The quantitative estimate of drug-likeness (QED) is 0.598. The van der Waals surface area contributed by atoms with Crippen molar-refractivity contribution < 1.29 is 27.5 Å². The average Bonchev–Trinajstić information content (AvgIpc) is 3.32. The number of hydrogen-bond acceptors (Lipinski definition) is 4. The predicted molar refractivity (Wildman–Crippen MR) is 120 cm³/mol. The Morgan fingerprint density at radius 1 is 1.12 bits per heavy atom. The van der Waals surface area contributed by atoms with E-state index in [1.54, 1.807) is 0 Å². The van der Waals surface area contributed by atoms with Crippen molar-refractivity contribution in [2.24, 2.45) is 5.92 Å². The fraction of sp³-hybridized carbons (Fsp3) is 0.440. The lowest BCUT2D eigenvalue weighted by molar-refractivity contribution is -0.137. The van der Waals surface area contributed by atoms with E-state index in [-0.39, 0.29) is 30.0 Å². The number of amides is 2. The standard InChI is InChI=1S/C25H28F3N3O3/c26-25(27,28)20-8-4-7-18(13-20)23(33)30-15-22(32)31-24(10-11-29-16-24)19-9-12-34-21(14-19)17-5-2-1-3-6-17/h1-8,13,19,21,29H,9-12,14-16H2,(H,30,33)(H,31,32)/t19?,21?,24-/m0/s1. The molecule has 3 N–H and O–H groups in total. The van der Waals surface area contributed by atoms with Crippen molar-refractivity contribution in [3.05, 3.63) is 71.3 Å². The number of nitrogens with one attached hydrogen (secondary N) is 3. The van der Waals surface area contributed by atoms with Crippen molar-refractivity contribution in [1.29, 1.82) is 0 Å². The van der Waals surface area contributed by atoms with Crippen LogP contribution in [-0.4, -0.2) is 43.6 Å². The molecule has 9 heteroatoms. The Bertz CT molecular complexity index is 1010. The number of halogens is 3. The zero-order valence-electron chi connectivity index (χ0n) is 18.7. The number of hydrogen-bond donors (Lipinski definition) is 3. The molecule has 2 aliphatic rings. The highest BCUT2D eigenvalue weighted by Gasteiger charge is 2.44. The van der Waals surface area contributed by atoms with Gasteiger partial charge in [0.05, 0.1) is 23.8 Å². The van der Waals surface area contributed by atoms with Crippen LogP contribution in [0.4, 0.5) is 13.2 Å². The Balaban J connectivity index is 1.38. The first-order valence-electron chi connectivity index (χ1n) is 11.4. The van der Waals surface area contributed by atoms with Crippen LogP contribution >= 0.6 is 0 Å². The van der Waals surface area contributed by atoms with Crippen molar-refractivity contribution in [3.8, 4) is 0 Å². The summed E-state index contributed by atoms with van der Waals surface area (Å²) in [5.74, 6) is -0.911. The second-order valence-electron chi connectivity index (χ2n) is 8.88. The first kappa shape index (κ1) is 24.2. The van der Waals surface area contributed by atoms with Gasteiger partial charge in [0.2, 0.25) is 5.91 Å². The maximum Gasteiger partial charge on any atom is 0.416 e. The van der Waals surface area contributed by atoms with Gasteiger partial charge in [-0.2, -0.15) is 13.2 Å². The molecule has 2 aromatic rings. The molecule has 0 aliphatic carbocycles. The van der Waals surface area contributed by atoms with Crippen LogP contribution in [0.1, 0.15) is 46.9 Å². The predicted octanol–water partition coefficient (Wildman–Crippen LogP) is 3.45. The highest BCUT2D eigenvalue weighted by molar-refractivity contribution is 5.96. The SMILES string of the molecule is O=C(CNC(=O)c1cccc(C(F)(F)F)c1)N[C@@]1(C2CCOC(c3ccccc3)C2)CCNC1. The van der Waals surface area contributed by atoms with E-state index in [1.807, 2.05) is 30.3 Å². The van der Waals surface area contributed by atoms with Crippen LogP contribution in [0, 0.1) is 5.92 Å². The summed E-state index contributed by atoms with van der Waals surface area (Å²) in [6, 6.07) is 14.1. The summed E-state index contributed by atoms with van der Waals surface area (Å²) < 4.78 is 44.7. The molecular weight excluding hydrogens is 447 g/mol. The minimum Gasteiger partial charge on any atom is -0.374 e. The number of carbonyl (C=O) groups excluding carboxylic acids is 2. The molecule has 2 fully saturated rings. The second-order valence-corrected chi connectivity index (χ2v) is 8.88. The number of ether oxygens (including phenoxy) is 1. The van der Waals surface area contributed by atoms with Crippen LogP contribution in [0.5, 0.6) is 0 Å². The topological polar surface area (TPSA) is 79.5 Å². The lowest BCUT2D eigenvalue weighted by Crippen LogP contribution is -2.58. The molecule has 2 saturated heterocycles. The van der Waals surface area contributed by atoms with Gasteiger partial charge in [0.1, 0.15) is 0 Å². The Labute approximate surface area is 196 Å². The molecule has 0 spiro atoms. The van der Waals surface area contributed by atoms with E-state index in [1.165, 1.54) is 12.1 Å². The van der Waals surface area contributed by atoms with E-state index in [9.17, 15) is 22.8 Å². The van der Waals surface area contributed by atoms with Gasteiger partial charge in [-0.25, -0.2) is 0 Å². The first-order chi connectivity index (χ1) is 16.3. The van der Waals surface area contributed by atoms with Gasteiger partial charge in [-0.1, -0.05) is 36.4 Å². The molecule has 182 valence electrons. The Morgan fingerprint density at radius 2 is 1.91 bits per heavy atom. The van der Waals surface area contributed by atoms with Crippen LogP contribution in [-0.2, 0) is 15.7 Å². The summed E-state index contributed by atoms with van der Waals surface area (Å²) in [7, 11) is 0. The van der Waals surface area contributed by atoms with Gasteiger partial charge < -0.3 is 20.7 Å². The monoisotopic (exact) mass is 475 g/mol. The zero-order valence-corrected chi connectivity index (χ0v) is 18.7. The van der Waals surface area contributed by atoms with Gasteiger partial charge in [-0.05, 0) is 55.5 Å². The minimum atomic E-state index is -4.54. The average molecular weight is 476 g/mol. The second kappa shape index (κ2) is 10.1. The van der Waals surface area contributed by atoms with Gasteiger partial charge in [0, 0.05) is 18.7 Å². The molecule has 6 nitrogen and oxygen atoms in total. The van der Waals surface area contributed by atoms with Gasteiger partial charge in [-0.15, -0.1) is 0 Å². The molecule has 2 unspecified atom stereocenters. The molecule has 2 heterocycles. The lowest BCUT2D eigenvalue weighted by atomic mass is 9.75. The van der Waals surface area contributed by atoms with Gasteiger partial charge >= 0.3 is 6.18 Å². The van der Waals surface area contributed by atoms with Crippen molar-refractivity contribution in [2.45, 2.75) is 37.1 Å². The fourth-order valence-electron chi connectivity index (χ4n) is 4.89. The largest absolute Gasteiger partial charge is 0.416 e. The van der Waals surface area contributed by atoms with Crippen LogP contribution in [0.25, 0.3) is 0 Å². The van der Waals surface area contributed by atoms with Crippen LogP contribution < -0.4 is 16.0 Å². The molecule has 4 rings (SSSR count). The fourth-order valence-corrected chi connectivity index (χ4v) is 4.89. The van der Waals surface area contributed by atoms with Crippen molar-refractivity contribution >= 4 is 11.8 Å². The molecule has 0 saturated carbocycles. The summed E-state index contributed by atoms with van der Waals surface area (Å²) in [4.78, 5) is 25.2. The zero-order chi connectivity index (χ0) is 24.2. The van der Waals surface area contributed by atoms with Crippen molar-refractivity contribution in [1.82, 2.24) is 16.0 Å². The summed E-state index contributed by atoms with van der Waals surface area (Å²) in [5, 5.41) is 8.90. The van der Waals surface area contributed by atoms with Gasteiger partial charge in [0.15, 0.2) is 0 Å². The maximum absolute atomic E-state index is 12.9. The maximum atomic E-state index is 12.9. The van der Waals surface area contributed by atoms with E-state index >= 15 is 0 Å². The Kier molecular flexibility index (Phi) is 7.23.